The Bertz CT molecular complexity index is 1450. The van der Waals surface area contributed by atoms with Crippen molar-refractivity contribution in [1.82, 2.24) is 9.88 Å². The molecule has 0 aliphatic carbocycles. The number of carbonyl (C=O) groups is 1. The molecule has 0 amide bonds. The molecule has 0 atom stereocenters. The van der Waals surface area contributed by atoms with E-state index >= 15 is 0 Å². The molecular weight excluding hydrogens is 490 g/mol. The van der Waals surface area contributed by atoms with Crippen molar-refractivity contribution >= 4 is 34.2 Å². The van der Waals surface area contributed by atoms with Gasteiger partial charge in [0.05, 0.1) is 18.6 Å². The maximum Gasteiger partial charge on any atom is 0.340 e. The molecule has 190 valence electrons. The van der Waals surface area contributed by atoms with Gasteiger partial charge in [0.1, 0.15) is 5.58 Å². The van der Waals surface area contributed by atoms with Crippen LogP contribution in [-0.4, -0.2) is 48.6 Å². The number of rotatable bonds is 7. The standard InChI is InChI=1S/C29H28ClN3O4/c1-2-36-27(34)16-24-28(20-7-6-10-31-18-20)23-15-21(25(30)17-26(23)37-29(24)35)19-32-11-13-33(14-12-32)22-8-4-3-5-9-22/h3-10,15,17-18H,2,11-14,16,19H2,1H3. The highest BCUT2D eigenvalue weighted by Gasteiger charge is 2.23. The number of anilines is 1. The molecule has 8 heteroatoms. The Morgan fingerprint density at radius 1 is 1.08 bits per heavy atom. The minimum Gasteiger partial charge on any atom is -0.466 e. The molecule has 0 spiro atoms. The number of halogens is 1. The third-order valence-corrected chi connectivity index (χ3v) is 6.98. The van der Waals surface area contributed by atoms with Crippen molar-refractivity contribution in [1.29, 1.82) is 0 Å². The van der Waals surface area contributed by atoms with E-state index in [1.165, 1.54) is 5.69 Å². The van der Waals surface area contributed by atoms with Crippen LogP contribution >= 0.6 is 11.6 Å². The molecule has 0 N–H and O–H groups in total. The smallest absolute Gasteiger partial charge is 0.340 e. The van der Waals surface area contributed by atoms with Crippen molar-refractivity contribution in [2.45, 2.75) is 19.9 Å². The molecule has 0 unspecified atom stereocenters. The van der Waals surface area contributed by atoms with Crippen molar-refractivity contribution in [3.63, 3.8) is 0 Å². The van der Waals surface area contributed by atoms with Crippen LogP contribution in [0.3, 0.4) is 0 Å². The fourth-order valence-corrected chi connectivity index (χ4v) is 5.04. The van der Waals surface area contributed by atoms with Gasteiger partial charge in [0.15, 0.2) is 0 Å². The Labute approximate surface area is 220 Å². The fraction of sp³-hybridized carbons (Fsp3) is 0.276. The zero-order valence-corrected chi connectivity index (χ0v) is 21.4. The second-order valence-corrected chi connectivity index (χ2v) is 9.41. The highest BCUT2D eigenvalue weighted by atomic mass is 35.5. The lowest BCUT2D eigenvalue weighted by Crippen LogP contribution is -2.46. The van der Waals surface area contributed by atoms with Crippen LogP contribution in [-0.2, 0) is 22.5 Å². The van der Waals surface area contributed by atoms with Crippen LogP contribution in [0, 0.1) is 0 Å². The number of ether oxygens (including phenoxy) is 1. The minimum atomic E-state index is -0.583. The van der Waals surface area contributed by atoms with Crippen LogP contribution in [0.5, 0.6) is 0 Å². The zero-order valence-electron chi connectivity index (χ0n) is 20.7. The number of pyridine rings is 1. The Balaban J connectivity index is 1.49. The van der Waals surface area contributed by atoms with E-state index in [4.69, 9.17) is 20.8 Å². The number of fused-ring (bicyclic) bond motifs is 1. The summed E-state index contributed by atoms with van der Waals surface area (Å²) in [5.41, 5.74) is 3.56. The summed E-state index contributed by atoms with van der Waals surface area (Å²) in [5.74, 6) is -0.482. The van der Waals surface area contributed by atoms with Gasteiger partial charge in [0, 0.05) is 78.4 Å². The second-order valence-electron chi connectivity index (χ2n) is 9.01. The van der Waals surface area contributed by atoms with Crippen molar-refractivity contribution in [3.05, 3.63) is 93.6 Å². The molecule has 3 heterocycles. The largest absolute Gasteiger partial charge is 0.466 e. The molecular formula is C29H28ClN3O4. The van der Waals surface area contributed by atoms with E-state index in [1.54, 1.807) is 31.5 Å². The van der Waals surface area contributed by atoms with E-state index < -0.39 is 11.6 Å². The molecule has 37 heavy (non-hydrogen) atoms. The van der Waals surface area contributed by atoms with Crippen LogP contribution in [0.25, 0.3) is 22.1 Å². The maximum absolute atomic E-state index is 13.0. The van der Waals surface area contributed by atoms with Gasteiger partial charge in [-0.1, -0.05) is 35.9 Å². The van der Waals surface area contributed by atoms with E-state index in [1.807, 2.05) is 18.2 Å². The molecule has 0 saturated carbocycles. The van der Waals surface area contributed by atoms with Gasteiger partial charge in [-0.05, 0) is 36.8 Å². The first-order valence-corrected chi connectivity index (χ1v) is 12.8. The number of esters is 1. The summed E-state index contributed by atoms with van der Waals surface area (Å²) in [6.07, 6.45) is 3.16. The van der Waals surface area contributed by atoms with Crippen LogP contribution in [0.4, 0.5) is 5.69 Å². The first kappa shape index (κ1) is 25.0. The number of hydrogen-bond donors (Lipinski definition) is 0. The number of nitrogens with zero attached hydrogens (tertiary/aromatic N) is 3. The SMILES string of the molecule is CCOC(=O)Cc1c(-c2cccnc2)c2cc(CN3CCN(c4ccccc4)CC3)c(Cl)cc2oc1=O. The van der Waals surface area contributed by atoms with E-state index in [-0.39, 0.29) is 18.6 Å². The van der Waals surface area contributed by atoms with Crippen molar-refractivity contribution in [3.8, 4) is 11.1 Å². The van der Waals surface area contributed by atoms with Crippen LogP contribution in [0.1, 0.15) is 18.1 Å². The number of carbonyl (C=O) groups excluding carboxylic acids is 1. The average molecular weight is 518 g/mol. The summed E-state index contributed by atoms with van der Waals surface area (Å²) in [6, 6.07) is 17.8. The third kappa shape index (κ3) is 5.53. The molecule has 1 saturated heterocycles. The van der Waals surface area contributed by atoms with Gasteiger partial charge in [-0.3, -0.25) is 14.7 Å². The Morgan fingerprint density at radius 3 is 2.57 bits per heavy atom. The van der Waals surface area contributed by atoms with Crippen LogP contribution in [0.2, 0.25) is 5.02 Å². The molecule has 4 aromatic rings. The molecule has 0 radical (unpaired) electrons. The summed E-state index contributed by atoms with van der Waals surface area (Å²) >= 11 is 6.68. The van der Waals surface area contributed by atoms with Gasteiger partial charge in [-0.2, -0.15) is 0 Å². The average Bonchev–Trinajstić information content (AvgIpc) is 2.91. The molecule has 1 fully saturated rings. The van der Waals surface area contributed by atoms with E-state index in [0.717, 1.165) is 37.3 Å². The lowest BCUT2D eigenvalue weighted by Gasteiger charge is -2.36. The quantitative estimate of drug-likeness (QED) is 0.254. The van der Waals surface area contributed by atoms with Crippen molar-refractivity contribution in [2.24, 2.45) is 0 Å². The van der Waals surface area contributed by atoms with Gasteiger partial charge in [-0.15, -0.1) is 0 Å². The van der Waals surface area contributed by atoms with E-state index in [2.05, 4.69) is 39.0 Å². The van der Waals surface area contributed by atoms with Crippen molar-refractivity contribution in [2.75, 3.05) is 37.7 Å². The van der Waals surface area contributed by atoms with Gasteiger partial charge >= 0.3 is 11.6 Å². The van der Waals surface area contributed by atoms with Crippen LogP contribution in [0.15, 0.2) is 76.2 Å². The number of hydrogen-bond acceptors (Lipinski definition) is 7. The summed E-state index contributed by atoms with van der Waals surface area (Å²) in [6.45, 7) is 6.28. The third-order valence-electron chi connectivity index (χ3n) is 6.63. The molecule has 2 aromatic heterocycles. The molecule has 1 aliphatic rings. The van der Waals surface area contributed by atoms with Gasteiger partial charge in [-0.25, -0.2) is 4.79 Å². The summed E-state index contributed by atoms with van der Waals surface area (Å²) in [5, 5.41) is 1.26. The highest BCUT2D eigenvalue weighted by Crippen LogP contribution is 2.34. The zero-order chi connectivity index (χ0) is 25.8. The molecule has 2 aromatic carbocycles. The number of aromatic nitrogens is 1. The Morgan fingerprint density at radius 2 is 1.86 bits per heavy atom. The first-order valence-electron chi connectivity index (χ1n) is 12.4. The lowest BCUT2D eigenvalue weighted by molar-refractivity contribution is -0.142. The van der Waals surface area contributed by atoms with Crippen LogP contribution < -0.4 is 10.5 Å². The summed E-state index contributed by atoms with van der Waals surface area (Å²) < 4.78 is 10.8. The predicted octanol–water partition coefficient (Wildman–Crippen LogP) is 4.94. The number of piperazine rings is 1. The normalized spacial score (nSPS) is 14.2. The van der Waals surface area contributed by atoms with E-state index in [0.29, 0.717) is 28.1 Å². The molecule has 7 nitrogen and oxygen atoms in total. The van der Waals surface area contributed by atoms with Crippen molar-refractivity contribution < 1.29 is 13.9 Å². The second kappa shape index (κ2) is 11.2. The minimum absolute atomic E-state index is 0.185. The Hall–Kier alpha value is -3.68. The summed E-state index contributed by atoms with van der Waals surface area (Å²) in [4.78, 5) is 34.3. The Kier molecular flexibility index (Phi) is 7.53. The van der Waals surface area contributed by atoms with Gasteiger partial charge in [0.2, 0.25) is 0 Å². The molecule has 1 aliphatic heterocycles. The van der Waals surface area contributed by atoms with E-state index in [9.17, 15) is 9.59 Å². The molecule has 0 bridgehead atoms. The number of para-hydroxylation sites is 1. The molecule has 5 rings (SSSR count). The monoisotopic (exact) mass is 517 g/mol. The van der Waals surface area contributed by atoms with Gasteiger partial charge < -0.3 is 14.1 Å². The lowest BCUT2D eigenvalue weighted by atomic mass is 9.95. The summed E-state index contributed by atoms with van der Waals surface area (Å²) in [7, 11) is 0. The fourth-order valence-electron chi connectivity index (χ4n) is 4.83. The van der Waals surface area contributed by atoms with Gasteiger partial charge in [0.25, 0.3) is 0 Å². The first-order chi connectivity index (χ1) is 18.0. The topological polar surface area (TPSA) is 75.9 Å². The highest BCUT2D eigenvalue weighted by molar-refractivity contribution is 6.32. The predicted molar refractivity (Wildman–Crippen MR) is 145 cm³/mol. The maximum atomic E-state index is 13.0. The number of benzene rings is 2.